The molecule has 17 heavy (non-hydrogen) atoms. The summed E-state index contributed by atoms with van der Waals surface area (Å²) < 4.78 is 0. The topological polar surface area (TPSA) is 51.2 Å². The fraction of sp³-hybridized carbons (Fsp3) is 0.250. The molecule has 0 aliphatic carbocycles. The third kappa shape index (κ3) is 3.78. The second kappa shape index (κ2) is 6.50. The molecule has 0 saturated heterocycles. The summed E-state index contributed by atoms with van der Waals surface area (Å²) in [6.45, 7) is 4.15. The van der Waals surface area contributed by atoms with Crippen molar-refractivity contribution in [2.24, 2.45) is 0 Å². The molecular weight excluding hydrogens is 247 g/mol. The average molecular weight is 259 g/mol. The second-order valence-electron chi connectivity index (χ2n) is 3.59. The number of hydrogen-bond acceptors (Lipinski definition) is 4. The molecule has 0 aromatic heterocycles. The molecule has 0 N–H and O–H groups in total. The van der Waals surface area contributed by atoms with Gasteiger partial charge in [-0.05, 0) is 32.9 Å². The Kier molecular flexibility index (Phi) is 6.34. The van der Waals surface area contributed by atoms with Gasteiger partial charge in [0.15, 0.2) is 17.3 Å². The molecule has 0 radical (unpaired) electrons. The van der Waals surface area contributed by atoms with E-state index >= 15 is 0 Å². The molecule has 0 unspecified atom stereocenters. The summed E-state index contributed by atoms with van der Waals surface area (Å²) in [4.78, 5) is 34.3. The number of Topliss-reactive ketones (excluding diaryl/α,β-unsaturated/α-hetero) is 3. The van der Waals surface area contributed by atoms with Crippen molar-refractivity contribution in [1.82, 2.24) is 0 Å². The maximum atomic E-state index is 11.3. The quantitative estimate of drug-likeness (QED) is 0.456. The Labute approximate surface area is 128 Å². The molecule has 84 valence electrons. The van der Waals surface area contributed by atoms with Crippen LogP contribution in [-0.2, 0) is 0 Å². The van der Waals surface area contributed by atoms with Gasteiger partial charge in [-0.3, -0.25) is 14.4 Å². The summed E-state index contributed by atoms with van der Waals surface area (Å²) in [5.74, 6) is -0.607. The van der Waals surface area contributed by atoms with Crippen LogP contribution in [0.1, 0.15) is 51.8 Å². The Balaban J connectivity index is 0.00000256. The van der Waals surface area contributed by atoms with Crippen LogP contribution >= 0.6 is 12.6 Å². The number of thiol groups is 1. The third-order valence-corrected chi connectivity index (χ3v) is 2.76. The molecule has 0 aliphatic heterocycles. The summed E-state index contributed by atoms with van der Waals surface area (Å²) in [6, 6.07) is 2.94. The van der Waals surface area contributed by atoms with Crippen LogP contribution in [-0.4, -0.2) is 17.3 Å². The van der Waals surface area contributed by atoms with Gasteiger partial charge in [0.2, 0.25) is 0 Å². The maximum absolute atomic E-state index is 11.3. The minimum Gasteiger partial charge on any atom is -0.295 e. The van der Waals surface area contributed by atoms with E-state index < -0.39 is 0 Å². The molecule has 0 aliphatic rings. The van der Waals surface area contributed by atoms with Gasteiger partial charge in [-0.1, -0.05) is 0 Å². The standard InChI is InChI=1S/C12H12O3S.Na/c1-6(13)9-4-10(7(2)14)12(16)11(5-9)8(3)15;/h4-5,16H,1-3H3;/q;+1. The Hall–Kier alpha value is -0.420. The molecule has 1 aromatic carbocycles. The minimum absolute atomic E-state index is 0. The Morgan fingerprint density at radius 3 is 1.47 bits per heavy atom. The van der Waals surface area contributed by atoms with E-state index in [0.29, 0.717) is 21.6 Å². The molecule has 0 atom stereocenters. The van der Waals surface area contributed by atoms with Gasteiger partial charge in [-0.2, -0.15) is 0 Å². The van der Waals surface area contributed by atoms with E-state index in [-0.39, 0.29) is 46.9 Å². The van der Waals surface area contributed by atoms with Gasteiger partial charge in [0, 0.05) is 21.6 Å². The van der Waals surface area contributed by atoms with Crippen molar-refractivity contribution in [3.05, 3.63) is 28.8 Å². The predicted octanol–water partition coefficient (Wildman–Crippen LogP) is -0.413. The van der Waals surface area contributed by atoms with E-state index in [4.69, 9.17) is 0 Å². The largest absolute Gasteiger partial charge is 1.00 e. The van der Waals surface area contributed by atoms with E-state index in [2.05, 4.69) is 12.6 Å². The third-order valence-electron chi connectivity index (χ3n) is 2.28. The smallest absolute Gasteiger partial charge is 0.295 e. The number of hydrogen-bond donors (Lipinski definition) is 1. The van der Waals surface area contributed by atoms with Gasteiger partial charge in [-0.15, -0.1) is 12.6 Å². The van der Waals surface area contributed by atoms with Crippen molar-refractivity contribution in [3.8, 4) is 0 Å². The fourth-order valence-corrected chi connectivity index (χ4v) is 1.82. The first-order valence-electron chi connectivity index (χ1n) is 4.74. The van der Waals surface area contributed by atoms with Crippen molar-refractivity contribution >= 4 is 30.0 Å². The van der Waals surface area contributed by atoms with E-state index in [9.17, 15) is 14.4 Å². The molecule has 0 spiro atoms. The Bertz CT molecular complexity index is 460. The first-order valence-corrected chi connectivity index (χ1v) is 5.19. The molecule has 5 heteroatoms. The van der Waals surface area contributed by atoms with Crippen molar-refractivity contribution in [3.63, 3.8) is 0 Å². The van der Waals surface area contributed by atoms with Gasteiger partial charge in [0.05, 0.1) is 0 Å². The van der Waals surface area contributed by atoms with E-state index in [1.807, 2.05) is 0 Å². The van der Waals surface area contributed by atoms with Crippen LogP contribution in [0.15, 0.2) is 17.0 Å². The van der Waals surface area contributed by atoms with Gasteiger partial charge >= 0.3 is 29.6 Å². The van der Waals surface area contributed by atoms with Crippen molar-refractivity contribution in [2.75, 3.05) is 0 Å². The number of carbonyl (C=O) groups is 3. The maximum Gasteiger partial charge on any atom is 1.00 e. The SMILES string of the molecule is CC(=O)c1cc(C(C)=O)c(S)c(C(C)=O)c1.[Na+]. The van der Waals surface area contributed by atoms with Gasteiger partial charge in [-0.25, -0.2) is 0 Å². The van der Waals surface area contributed by atoms with Crippen LogP contribution in [0, 0.1) is 0 Å². The zero-order valence-electron chi connectivity index (χ0n) is 10.3. The summed E-state index contributed by atoms with van der Waals surface area (Å²) in [7, 11) is 0. The zero-order chi connectivity index (χ0) is 12.5. The number of rotatable bonds is 3. The molecule has 1 aromatic rings. The fourth-order valence-electron chi connectivity index (χ4n) is 1.37. The van der Waals surface area contributed by atoms with Crippen LogP contribution < -0.4 is 29.6 Å². The number of benzene rings is 1. The minimum atomic E-state index is -0.212. The van der Waals surface area contributed by atoms with Crippen LogP contribution in [0.3, 0.4) is 0 Å². The van der Waals surface area contributed by atoms with Gasteiger partial charge in [0.25, 0.3) is 0 Å². The van der Waals surface area contributed by atoms with E-state index in [1.54, 1.807) is 0 Å². The summed E-state index contributed by atoms with van der Waals surface area (Å²) >= 11 is 4.15. The van der Waals surface area contributed by atoms with Crippen molar-refractivity contribution < 1.29 is 43.9 Å². The summed E-state index contributed by atoms with van der Waals surface area (Å²) in [6.07, 6.45) is 0. The first kappa shape index (κ1) is 16.6. The summed E-state index contributed by atoms with van der Waals surface area (Å²) in [5.41, 5.74) is 0.968. The van der Waals surface area contributed by atoms with Gasteiger partial charge < -0.3 is 0 Å². The molecule has 0 heterocycles. The predicted molar refractivity (Wildman–Crippen MR) is 63.7 cm³/mol. The molecule has 0 saturated carbocycles. The molecule has 1 rings (SSSR count). The molecule has 0 fully saturated rings. The van der Waals surface area contributed by atoms with Gasteiger partial charge in [0.1, 0.15) is 0 Å². The Morgan fingerprint density at radius 1 is 0.882 bits per heavy atom. The van der Waals surface area contributed by atoms with Crippen molar-refractivity contribution in [2.45, 2.75) is 25.7 Å². The first-order chi connectivity index (χ1) is 7.34. The van der Waals surface area contributed by atoms with Crippen LogP contribution in [0.2, 0.25) is 0 Å². The molecule has 3 nitrogen and oxygen atoms in total. The van der Waals surface area contributed by atoms with Crippen LogP contribution in [0.4, 0.5) is 0 Å². The zero-order valence-corrected chi connectivity index (χ0v) is 13.2. The van der Waals surface area contributed by atoms with Crippen LogP contribution in [0.25, 0.3) is 0 Å². The monoisotopic (exact) mass is 259 g/mol. The number of carbonyl (C=O) groups excluding carboxylic acids is 3. The van der Waals surface area contributed by atoms with Crippen molar-refractivity contribution in [1.29, 1.82) is 0 Å². The molecular formula is C12H12NaO3S+. The van der Waals surface area contributed by atoms with E-state index in [1.165, 1.54) is 32.9 Å². The number of ketones is 3. The second-order valence-corrected chi connectivity index (χ2v) is 4.04. The molecule has 0 amide bonds. The summed E-state index contributed by atoms with van der Waals surface area (Å²) in [5, 5.41) is 0. The molecule has 0 bridgehead atoms. The average Bonchev–Trinajstić information content (AvgIpc) is 2.16. The normalized spacial score (nSPS) is 9.41. The van der Waals surface area contributed by atoms with E-state index in [0.717, 1.165) is 0 Å². The van der Waals surface area contributed by atoms with Crippen LogP contribution in [0.5, 0.6) is 0 Å². The Morgan fingerprint density at radius 2 is 1.24 bits per heavy atom.